The Hall–Kier alpha value is -0.870. The van der Waals surface area contributed by atoms with Gasteiger partial charge >= 0.3 is 0 Å². The number of oxazole rings is 1. The molecule has 1 fully saturated rings. The Bertz CT molecular complexity index is 306. The Morgan fingerprint density at radius 3 is 3.00 bits per heavy atom. The van der Waals surface area contributed by atoms with Gasteiger partial charge in [-0.3, -0.25) is 0 Å². The summed E-state index contributed by atoms with van der Waals surface area (Å²) in [6.45, 7) is 5.72. The van der Waals surface area contributed by atoms with Crippen molar-refractivity contribution in [2.24, 2.45) is 0 Å². The Labute approximate surface area is 96.4 Å². The molecule has 1 aromatic heterocycles. The van der Waals surface area contributed by atoms with Crippen LogP contribution < -0.4 is 5.32 Å². The van der Waals surface area contributed by atoms with Gasteiger partial charge in [0, 0.05) is 32.1 Å². The van der Waals surface area contributed by atoms with Crippen LogP contribution in [0.4, 0.5) is 0 Å². The summed E-state index contributed by atoms with van der Waals surface area (Å²) in [5.41, 5.74) is 0. The monoisotopic (exact) mass is 224 g/mol. The number of likely N-dealkylation sites (N-methyl/N-ethyl adjacent to an activating group) is 1. The number of ether oxygens (including phenoxy) is 1. The lowest BCUT2D eigenvalue weighted by Crippen LogP contribution is -2.16. The van der Waals surface area contributed by atoms with Crippen molar-refractivity contribution in [3.8, 4) is 0 Å². The van der Waals surface area contributed by atoms with Gasteiger partial charge in [0.15, 0.2) is 5.89 Å². The zero-order chi connectivity index (χ0) is 11.2. The largest absolute Gasteiger partial charge is 0.445 e. The Morgan fingerprint density at radius 2 is 2.25 bits per heavy atom. The summed E-state index contributed by atoms with van der Waals surface area (Å²) in [5.74, 6) is 2.39. The van der Waals surface area contributed by atoms with E-state index in [9.17, 15) is 0 Å². The lowest BCUT2D eigenvalue weighted by molar-refractivity contribution is 0.0804. The molecule has 1 aliphatic rings. The molecule has 4 heteroatoms. The average Bonchev–Trinajstić information content (AvgIpc) is 2.79. The van der Waals surface area contributed by atoms with Gasteiger partial charge < -0.3 is 14.5 Å². The third-order valence-corrected chi connectivity index (χ3v) is 2.96. The molecular formula is C12H20N2O2. The molecule has 1 saturated heterocycles. The van der Waals surface area contributed by atoms with Crippen molar-refractivity contribution >= 4 is 0 Å². The van der Waals surface area contributed by atoms with Crippen molar-refractivity contribution in [1.82, 2.24) is 10.3 Å². The third kappa shape index (κ3) is 3.06. The molecule has 16 heavy (non-hydrogen) atoms. The molecule has 0 amide bonds. The molecule has 1 aromatic rings. The highest BCUT2D eigenvalue weighted by molar-refractivity contribution is 5.03. The van der Waals surface area contributed by atoms with Crippen LogP contribution in [-0.2, 0) is 11.2 Å². The normalized spacial score (nSPS) is 17.8. The molecule has 90 valence electrons. The van der Waals surface area contributed by atoms with Crippen LogP contribution in [0, 0.1) is 0 Å². The van der Waals surface area contributed by atoms with Crippen LogP contribution in [-0.4, -0.2) is 31.3 Å². The van der Waals surface area contributed by atoms with Crippen molar-refractivity contribution in [2.75, 3.05) is 26.3 Å². The first-order valence-electron chi connectivity index (χ1n) is 6.13. The van der Waals surface area contributed by atoms with E-state index in [0.29, 0.717) is 5.92 Å². The average molecular weight is 224 g/mol. The number of nitrogens with one attached hydrogen (secondary N) is 1. The number of nitrogens with zero attached hydrogens (tertiary/aromatic N) is 1. The van der Waals surface area contributed by atoms with E-state index in [-0.39, 0.29) is 0 Å². The SMILES string of the molecule is CCNCCc1ncc(C2CCOCC2)o1. The Morgan fingerprint density at radius 1 is 1.44 bits per heavy atom. The van der Waals surface area contributed by atoms with Gasteiger partial charge in [-0.05, 0) is 19.4 Å². The van der Waals surface area contributed by atoms with Gasteiger partial charge in [0.1, 0.15) is 5.76 Å². The van der Waals surface area contributed by atoms with Gasteiger partial charge in [-0.2, -0.15) is 0 Å². The van der Waals surface area contributed by atoms with Gasteiger partial charge in [-0.15, -0.1) is 0 Å². The first kappa shape index (κ1) is 11.6. The van der Waals surface area contributed by atoms with Crippen LogP contribution in [0.3, 0.4) is 0 Å². The van der Waals surface area contributed by atoms with Crippen molar-refractivity contribution in [1.29, 1.82) is 0 Å². The van der Waals surface area contributed by atoms with Crippen LogP contribution in [0.25, 0.3) is 0 Å². The van der Waals surface area contributed by atoms with E-state index in [1.807, 2.05) is 6.20 Å². The molecule has 1 N–H and O–H groups in total. The smallest absolute Gasteiger partial charge is 0.195 e. The van der Waals surface area contributed by atoms with Crippen molar-refractivity contribution in [3.05, 3.63) is 17.8 Å². The van der Waals surface area contributed by atoms with E-state index < -0.39 is 0 Å². The van der Waals surface area contributed by atoms with Crippen LogP contribution in [0.5, 0.6) is 0 Å². The number of hydrogen-bond donors (Lipinski definition) is 1. The van der Waals surface area contributed by atoms with Crippen molar-refractivity contribution in [2.45, 2.75) is 32.1 Å². The maximum Gasteiger partial charge on any atom is 0.195 e. The predicted octanol–water partition coefficient (Wildman–Crippen LogP) is 1.72. The highest BCUT2D eigenvalue weighted by Gasteiger charge is 2.19. The molecule has 0 radical (unpaired) electrons. The van der Waals surface area contributed by atoms with Crippen LogP contribution >= 0.6 is 0 Å². The summed E-state index contributed by atoms with van der Waals surface area (Å²) in [7, 11) is 0. The second-order valence-electron chi connectivity index (χ2n) is 4.15. The van der Waals surface area contributed by atoms with Crippen molar-refractivity contribution in [3.63, 3.8) is 0 Å². The molecule has 2 rings (SSSR count). The highest BCUT2D eigenvalue weighted by atomic mass is 16.5. The molecule has 0 bridgehead atoms. The number of hydrogen-bond acceptors (Lipinski definition) is 4. The first-order chi connectivity index (χ1) is 7.90. The standard InChI is InChI=1S/C12H20N2O2/c1-2-13-6-3-12-14-9-11(16-12)10-4-7-15-8-5-10/h9-10,13H,2-8H2,1H3. The summed E-state index contributed by atoms with van der Waals surface area (Å²) in [5, 5.41) is 3.27. The van der Waals surface area contributed by atoms with Crippen LogP contribution in [0.15, 0.2) is 10.6 Å². The molecule has 0 unspecified atom stereocenters. The van der Waals surface area contributed by atoms with E-state index in [1.165, 1.54) is 0 Å². The topological polar surface area (TPSA) is 47.3 Å². The molecule has 4 nitrogen and oxygen atoms in total. The van der Waals surface area contributed by atoms with Crippen molar-refractivity contribution < 1.29 is 9.15 Å². The second kappa shape index (κ2) is 6.01. The van der Waals surface area contributed by atoms with Gasteiger partial charge in [-0.25, -0.2) is 4.98 Å². The summed E-state index contributed by atoms with van der Waals surface area (Å²) in [6.07, 6.45) is 4.87. The maximum absolute atomic E-state index is 5.76. The summed E-state index contributed by atoms with van der Waals surface area (Å²) in [4.78, 5) is 4.32. The molecular weight excluding hydrogens is 204 g/mol. The van der Waals surface area contributed by atoms with Gasteiger partial charge in [0.2, 0.25) is 0 Å². The highest BCUT2D eigenvalue weighted by Crippen LogP contribution is 2.27. The molecule has 1 aliphatic heterocycles. The van der Waals surface area contributed by atoms with E-state index in [1.54, 1.807) is 0 Å². The predicted molar refractivity (Wildman–Crippen MR) is 61.5 cm³/mol. The van der Waals surface area contributed by atoms with E-state index in [2.05, 4.69) is 17.2 Å². The molecule has 2 heterocycles. The number of aromatic nitrogens is 1. The van der Waals surface area contributed by atoms with E-state index in [4.69, 9.17) is 9.15 Å². The van der Waals surface area contributed by atoms with E-state index >= 15 is 0 Å². The molecule has 0 aromatic carbocycles. The van der Waals surface area contributed by atoms with Crippen LogP contribution in [0.1, 0.15) is 37.3 Å². The minimum atomic E-state index is 0.508. The zero-order valence-corrected chi connectivity index (χ0v) is 9.87. The maximum atomic E-state index is 5.76. The molecule has 0 spiro atoms. The first-order valence-corrected chi connectivity index (χ1v) is 6.13. The molecule has 0 atom stereocenters. The fourth-order valence-electron chi connectivity index (χ4n) is 1.98. The zero-order valence-electron chi connectivity index (χ0n) is 9.87. The minimum absolute atomic E-state index is 0.508. The van der Waals surface area contributed by atoms with Crippen LogP contribution in [0.2, 0.25) is 0 Å². The fraction of sp³-hybridized carbons (Fsp3) is 0.750. The fourth-order valence-corrected chi connectivity index (χ4v) is 1.98. The molecule has 0 saturated carbocycles. The summed E-state index contributed by atoms with van der Waals surface area (Å²) in [6, 6.07) is 0. The summed E-state index contributed by atoms with van der Waals surface area (Å²) < 4.78 is 11.1. The molecule has 0 aliphatic carbocycles. The van der Waals surface area contributed by atoms with Gasteiger partial charge in [-0.1, -0.05) is 6.92 Å². The second-order valence-corrected chi connectivity index (χ2v) is 4.15. The third-order valence-electron chi connectivity index (χ3n) is 2.96. The van der Waals surface area contributed by atoms with Gasteiger partial charge in [0.25, 0.3) is 0 Å². The van der Waals surface area contributed by atoms with Gasteiger partial charge in [0.05, 0.1) is 6.20 Å². The van der Waals surface area contributed by atoms with E-state index in [0.717, 1.165) is 57.2 Å². The lowest BCUT2D eigenvalue weighted by Gasteiger charge is -2.19. The Kier molecular flexibility index (Phi) is 4.36. The quantitative estimate of drug-likeness (QED) is 0.774. The lowest BCUT2D eigenvalue weighted by atomic mass is 9.98. The number of rotatable bonds is 5. The minimum Gasteiger partial charge on any atom is -0.445 e. The Balaban J connectivity index is 1.85. The summed E-state index contributed by atoms with van der Waals surface area (Å²) >= 11 is 0.